The summed E-state index contributed by atoms with van der Waals surface area (Å²) in [6, 6.07) is 4.82. The van der Waals surface area contributed by atoms with Crippen molar-refractivity contribution >= 4 is 11.9 Å². The van der Waals surface area contributed by atoms with Crippen LogP contribution in [-0.2, 0) is 15.5 Å². The van der Waals surface area contributed by atoms with E-state index in [0.717, 1.165) is 11.0 Å². The highest BCUT2D eigenvalue weighted by Crippen LogP contribution is 2.38. The van der Waals surface area contributed by atoms with Crippen molar-refractivity contribution in [2.45, 2.75) is 38.2 Å². The number of para-hydroxylation sites is 1. The van der Waals surface area contributed by atoms with E-state index in [-0.39, 0.29) is 25.3 Å². The summed E-state index contributed by atoms with van der Waals surface area (Å²) in [7, 11) is 0. The maximum absolute atomic E-state index is 14.7. The fourth-order valence-corrected chi connectivity index (χ4v) is 2.82. The Morgan fingerprint density at radius 3 is 2.74 bits per heavy atom. The van der Waals surface area contributed by atoms with Gasteiger partial charge in [0.2, 0.25) is 0 Å². The number of carboxylic acids is 1. The lowest BCUT2D eigenvalue weighted by Crippen LogP contribution is -2.45. The summed E-state index contributed by atoms with van der Waals surface area (Å²) in [6.45, 7) is 2.01. The summed E-state index contributed by atoms with van der Waals surface area (Å²) >= 11 is 0. The SMILES string of the molecule is CCOc1ccccc1C(F)(F)C(=O)N1CCCC1CC(=O)O. The molecule has 1 saturated heterocycles. The Balaban J connectivity index is 2.28. The first kappa shape index (κ1) is 17.2. The average Bonchev–Trinajstić information content (AvgIpc) is 2.94. The molecule has 1 unspecified atom stereocenters. The van der Waals surface area contributed by atoms with Crippen molar-refractivity contribution in [1.82, 2.24) is 4.90 Å². The molecule has 0 bridgehead atoms. The van der Waals surface area contributed by atoms with Gasteiger partial charge in [0, 0.05) is 12.6 Å². The minimum atomic E-state index is -3.76. The summed E-state index contributed by atoms with van der Waals surface area (Å²) < 4.78 is 34.5. The van der Waals surface area contributed by atoms with Crippen molar-refractivity contribution in [1.29, 1.82) is 0 Å². The molecule has 0 aliphatic carbocycles. The fraction of sp³-hybridized carbons (Fsp3) is 0.500. The van der Waals surface area contributed by atoms with Crippen molar-refractivity contribution in [2.24, 2.45) is 0 Å². The number of carboxylic acid groups (broad SMARTS) is 1. The fourth-order valence-electron chi connectivity index (χ4n) is 2.82. The van der Waals surface area contributed by atoms with Crippen molar-refractivity contribution in [3.63, 3.8) is 0 Å². The van der Waals surface area contributed by atoms with E-state index in [0.29, 0.717) is 12.8 Å². The normalized spacial score (nSPS) is 18.0. The molecule has 126 valence electrons. The van der Waals surface area contributed by atoms with Gasteiger partial charge in [-0.05, 0) is 31.9 Å². The quantitative estimate of drug-likeness (QED) is 0.872. The Kier molecular flexibility index (Phi) is 5.18. The summed E-state index contributed by atoms with van der Waals surface area (Å²) in [5, 5.41) is 8.86. The van der Waals surface area contributed by atoms with E-state index < -0.39 is 29.4 Å². The van der Waals surface area contributed by atoms with Gasteiger partial charge in [-0.1, -0.05) is 12.1 Å². The second kappa shape index (κ2) is 6.93. The van der Waals surface area contributed by atoms with Crippen molar-refractivity contribution in [3.05, 3.63) is 29.8 Å². The number of rotatable bonds is 6. The van der Waals surface area contributed by atoms with Gasteiger partial charge in [-0.15, -0.1) is 0 Å². The standard InChI is InChI=1S/C16H19F2NO4/c1-2-23-13-8-4-3-7-12(13)16(17,18)15(22)19-9-5-6-11(19)10-14(20)21/h3-4,7-8,11H,2,5-6,9-10H2,1H3,(H,20,21). The monoisotopic (exact) mass is 327 g/mol. The third-order valence-electron chi connectivity index (χ3n) is 3.84. The molecule has 1 heterocycles. The van der Waals surface area contributed by atoms with Crippen LogP contribution in [0.3, 0.4) is 0 Å². The topological polar surface area (TPSA) is 66.8 Å². The molecule has 0 spiro atoms. The first-order chi connectivity index (χ1) is 10.9. The maximum Gasteiger partial charge on any atom is 0.353 e. The second-order valence-electron chi connectivity index (χ2n) is 5.40. The summed E-state index contributed by atoms with van der Waals surface area (Å²) in [5.74, 6) is -6.27. The zero-order valence-corrected chi connectivity index (χ0v) is 12.8. The van der Waals surface area contributed by atoms with Crippen LogP contribution in [0, 0.1) is 0 Å². The Morgan fingerprint density at radius 1 is 1.39 bits per heavy atom. The highest BCUT2D eigenvalue weighted by atomic mass is 19.3. The molecule has 1 atom stereocenters. The third-order valence-corrected chi connectivity index (χ3v) is 3.84. The molecule has 7 heteroatoms. The van der Waals surface area contributed by atoms with Gasteiger partial charge in [0.25, 0.3) is 5.91 Å². The number of carbonyl (C=O) groups excluding carboxylic acids is 1. The predicted molar refractivity (Wildman–Crippen MR) is 78.5 cm³/mol. The zero-order chi connectivity index (χ0) is 17.0. The number of benzene rings is 1. The number of aliphatic carboxylic acids is 1. The number of halogens is 2. The molecule has 1 aliphatic heterocycles. The number of ether oxygens (including phenoxy) is 1. The molecule has 1 aromatic carbocycles. The molecule has 1 aliphatic rings. The van der Waals surface area contributed by atoms with Crippen LogP contribution in [0.25, 0.3) is 0 Å². The number of hydrogen-bond acceptors (Lipinski definition) is 3. The van der Waals surface area contributed by atoms with Crippen LogP contribution >= 0.6 is 0 Å². The van der Waals surface area contributed by atoms with Gasteiger partial charge < -0.3 is 14.7 Å². The van der Waals surface area contributed by atoms with E-state index in [9.17, 15) is 18.4 Å². The lowest BCUT2D eigenvalue weighted by molar-refractivity contribution is -0.161. The van der Waals surface area contributed by atoms with Gasteiger partial charge in [-0.2, -0.15) is 8.78 Å². The van der Waals surface area contributed by atoms with Gasteiger partial charge in [0.05, 0.1) is 18.6 Å². The second-order valence-corrected chi connectivity index (χ2v) is 5.40. The van der Waals surface area contributed by atoms with E-state index in [4.69, 9.17) is 9.84 Å². The van der Waals surface area contributed by atoms with E-state index in [1.807, 2.05) is 0 Å². The molecule has 1 N–H and O–H groups in total. The van der Waals surface area contributed by atoms with Crippen LogP contribution < -0.4 is 4.74 Å². The number of likely N-dealkylation sites (tertiary alicyclic amines) is 1. The van der Waals surface area contributed by atoms with E-state index in [1.165, 1.54) is 12.1 Å². The van der Waals surface area contributed by atoms with Crippen LogP contribution in [0.15, 0.2) is 24.3 Å². The summed E-state index contributed by atoms with van der Waals surface area (Å²) in [4.78, 5) is 24.2. The van der Waals surface area contributed by atoms with Gasteiger partial charge in [-0.3, -0.25) is 9.59 Å². The number of alkyl halides is 2. The van der Waals surface area contributed by atoms with Crippen molar-refractivity contribution in [3.8, 4) is 5.75 Å². The Morgan fingerprint density at radius 2 is 2.09 bits per heavy atom. The van der Waals surface area contributed by atoms with Gasteiger partial charge in [-0.25, -0.2) is 0 Å². The first-order valence-corrected chi connectivity index (χ1v) is 7.51. The molecular formula is C16H19F2NO4. The molecule has 23 heavy (non-hydrogen) atoms. The lowest BCUT2D eigenvalue weighted by atomic mass is 10.0. The summed E-state index contributed by atoms with van der Waals surface area (Å²) in [6.07, 6.45) is 0.614. The number of amides is 1. The lowest BCUT2D eigenvalue weighted by Gasteiger charge is -2.28. The first-order valence-electron chi connectivity index (χ1n) is 7.51. The molecule has 0 aromatic heterocycles. The predicted octanol–water partition coefficient (Wildman–Crippen LogP) is 2.64. The van der Waals surface area contributed by atoms with Crippen LogP contribution in [0.4, 0.5) is 8.78 Å². The third kappa shape index (κ3) is 3.60. The molecule has 0 radical (unpaired) electrons. The molecule has 5 nitrogen and oxygen atoms in total. The van der Waals surface area contributed by atoms with Gasteiger partial charge in [0.15, 0.2) is 0 Å². The highest BCUT2D eigenvalue weighted by Gasteiger charge is 2.48. The Bertz CT molecular complexity index is 591. The molecule has 1 amide bonds. The van der Waals surface area contributed by atoms with Crippen LogP contribution in [-0.4, -0.2) is 41.1 Å². The number of carbonyl (C=O) groups is 2. The number of nitrogens with zero attached hydrogens (tertiary/aromatic N) is 1. The van der Waals surface area contributed by atoms with Crippen LogP contribution in [0.2, 0.25) is 0 Å². The van der Waals surface area contributed by atoms with E-state index >= 15 is 0 Å². The maximum atomic E-state index is 14.7. The zero-order valence-electron chi connectivity index (χ0n) is 12.8. The minimum absolute atomic E-state index is 0.0395. The van der Waals surface area contributed by atoms with Crippen molar-refractivity contribution in [2.75, 3.05) is 13.2 Å². The van der Waals surface area contributed by atoms with Crippen LogP contribution in [0.5, 0.6) is 5.75 Å². The van der Waals surface area contributed by atoms with Crippen molar-refractivity contribution < 1.29 is 28.2 Å². The van der Waals surface area contributed by atoms with Gasteiger partial charge in [0.1, 0.15) is 5.75 Å². The summed E-state index contributed by atoms with van der Waals surface area (Å²) in [5.41, 5.74) is -0.493. The van der Waals surface area contributed by atoms with Gasteiger partial charge >= 0.3 is 11.9 Å². The number of hydrogen-bond donors (Lipinski definition) is 1. The molecule has 1 fully saturated rings. The molecule has 2 rings (SSSR count). The largest absolute Gasteiger partial charge is 0.493 e. The van der Waals surface area contributed by atoms with Crippen LogP contribution in [0.1, 0.15) is 31.7 Å². The molecule has 1 aromatic rings. The Hall–Kier alpha value is -2.18. The minimum Gasteiger partial charge on any atom is -0.493 e. The molecular weight excluding hydrogens is 308 g/mol. The van der Waals surface area contributed by atoms with E-state index in [2.05, 4.69) is 0 Å². The average molecular weight is 327 g/mol. The highest BCUT2D eigenvalue weighted by molar-refractivity contribution is 5.86. The molecule has 0 saturated carbocycles. The Labute approximate surface area is 132 Å². The van der Waals surface area contributed by atoms with E-state index in [1.54, 1.807) is 13.0 Å². The smallest absolute Gasteiger partial charge is 0.353 e.